The summed E-state index contributed by atoms with van der Waals surface area (Å²) in [5.41, 5.74) is 10.9. The van der Waals surface area contributed by atoms with Crippen LogP contribution >= 0.6 is 0 Å². The molecule has 0 saturated heterocycles. The van der Waals surface area contributed by atoms with Gasteiger partial charge >= 0.3 is 0 Å². The molecule has 2 heterocycles. The average Bonchev–Trinajstić information content (AvgIpc) is 2.96. The zero-order valence-electron chi connectivity index (χ0n) is 15.3. The first-order chi connectivity index (χ1) is 12.3. The Morgan fingerprint density at radius 2 is 1.96 bits per heavy atom. The van der Waals surface area contributed by atoms with E-state index < -0.39 is 0 Å². The Balaban J connectivity index is 2.05. The van der Waals surface area contributed by atoms with Crippen LogP contribution in [0, 0.1) is 13.8 Å². The van der Waals surface area contributed by atoms with Gasteiger partial charge in [0, 0.05) is 41.4 Å². The van der Waals surface area contributed by atoms with Gasteiger partial charge in [-0.15, -0.1) is 0 Å². The Morgan fingerprint density at radius 1 is 1.19 bits per heavy atom. The Labute approximate surface area is 151 Å². The standard InChI is InChI=1S/C21H21N3O2/c1-11-7-16(13(3)22)21-17(8-11)19(25)12(2)20(26-21)14-5-6-18-15(9-14)10-24(4)23-18/h5-10,13H,22H2,1-4H3/t13-/m1/s1. The van der Waals surface area contributed by atoms with Crippen molar-refractivity contribution in [3.8, 4) is 11.3 Å². The van der Waals surface area contributed by atoms with Gasteiger partial charge in [-0.25, -0.2) is 0 Å². The molecule has 0 aliphatic heterocycles. The number of fused-ring (bicyclic) bond motifs is 2. The van der Waals surface area contributed by atoms with E-state index in [4.69, 9.17) is 10.2 Å². The smallest absolute Gasteiger partial charge is 0.196 e. The van der Waals surface area contributed by atoms with Crippen LogP contribution < -0.4 is 11.2 Å². The molecule has 2 aromatic carbocycles. The minimum absolute atomic E-state index is 0.0156. The molecule has 0 aliphatic carbocycles. The molecule has 0 saturated carbocycles. The maximum atomic E-state index is 13.0. The molecule has 0 fully saturated rings. The van der Waals surface area contributed by atoms with Crippen molar-refractivity contribution in [2.75, 3.05) is 0 Å². The summed E-state index contributed by atoms with van der Waals surface area (Å²) in [6.07, 6.45) is 1.95. The predicted octanol–water partition coefficient (Wildman–Crippen LogP) is 3.98. The molecule has 0 unspecified atom stereocenters. The highest BCUT2D eigenvalue weighted by molar-refractivity contribution is 5.87. The molecule has 1 atom stereocenters. The normalized spacial score (nSPS) is 12.8. The molecule has 5 nitrogen and oxygen atoms in total. The Morgan fingerprint density at radius 3 is 2.69 bits per heavy atom. The SMILES string of the molecule is Cc1cc([C@@H](C)N)c2oc(-c3ccc4nn(C)cc4c3)c(C)c(=O)c2c1. The summed E-state index contributed by atoms with van der Waals surface area (Å²) in [5, 5.41) is 5.98. The summed E-state index contributed by atoms with van der Waals surface area (Å²) in [5.74, 6) is 0.582. The van der Waals surface area contributed by atoms with Crippen LogP contribution in [0.15, 0.2) is 45.7 Å². The summed E-state index contributed by atoms with van der Waals surface area (Å²) in [6, 6.07) is 9.51. The molecule has 4 rings (SSSR count). The number of rotatable bonds is 2. The van der Waals surface area contributed by atoms with E-state index in [1.165, 1.54) is 0 Å². The molecular weight excluding hydrogens is 326 g/mol. The predicted molar refractivity (Wildman–Crippen MR) is 104 cm³/mol. The van der Waals surface area contributed by atoms with Crippen molar-refractivity contribution < 1.29 is 4.42 Å². The fourth-order valence-corrected chi connectivity index (χ4v) is 3.47. The van der Waals surface area contributed by atoms with Crippen LogP contribution in [0.25, 0.3) is 33.2 Å². The van der Waals surface area contributed by atoms with Crippen molar-refractivity contribution >= 4 is 21.9 Å². The lowest BCUT2D eigenvalue weighted by Gasteiger charge is -2.13. The summed E-state index contributed by atoms with van der Waals surface area (Å²) in [7, 11) is 1.89. The zero-order chi connectivity index (χ0) is 18.6. The van der Waals surface area contributed by atoms with E-state index in [0.29, 0.717) is 22.3 Å². The van der Waals surface area contributed by atoms with E-state index >= 15 is 0 Å². The van der Waals surface area contributed by atoms with Gasteiger partial charge in [0.2, 0.25) is 0 Å². The summed E-state index contributed by atoms with van der Waals surface area (Å²) < 4.78 is 8.03. The van der Waals surface area contributed by atoms with Gasteiger partial charge in [-0.3, -0.25) is 9.48 Å². The molecule has 0 radical (unpaired) electrons. The first-order valence-corrected chi connectivity index (χ1v) is 8.62. The maximum absolute atomic E-state index is 13.0. The second-order valence-corrected chi connectivity index (χ2v) is 6.98. The van der Waals surface area contributed by atoms with Gasteiger partial charge in [0.05, 0.1) is 10.9 Å². The topological polar surface area (TPSA) is 74.0 Å². The van der Waals surface area contributed by atoms with Crippen molar-refractivity contribution in [3.63, 3.8) is 0 Å². The van der Waals surface area contributed by atoms with Gasteiger partial charge in [-0.2, -0.15) is 5.10 Å². The van der Waals surface area contributed by atoms with Crippen molar-refractivity contribution in [2.24, 2.45) is 12.8 Å². The van der Waals surface area contributed by atoms with E-state index in [0.717, 1.165) is 27.6 Å². The highest BCUT2D eigenvalue weighted by Gasteiger charge is 2.17. The third-order valence-electron chi connectivity index (χ3n) is 4.76. The number of benzene rings is 2. The zero-order valence-corrected chi connectivity index (χ0v) is 15.3. The summed E-state index contributed by atoms with van der Waals surface area (Å²) in [4.78, 5) is 13.0. The third-order valence-corrected chi connectivity index (χ3v) is 4.76. The minimum atomic E-state index is -0.225. The van der Waals surface area contributed by atoms with E-state index in [-0.39, 0.29) is 11.5 Å². The van der Waals surface area contributed by atoms with Crippen LogP contribution in [0.5, 0.6) is 0 Å². The van der Waals surface area contributed by atoms with Crippen LogP contribution in [0.1, 0.15) is 29.7 Å². The fourth-order valence-electron chi connectivity index (χ4n) is 3.47. The second kappa shape index (κ2) is 5.81. The summed E-state index contributed by atoms with van der Waals surface area (Å²) in [6.45, 7) is 5.67. The van der Waals surface area contributed by atoms with E-state index in [1.54, 1.807) is 4.68 Å². The highest BCUT2D eigenvalue weighted by Crippen LogP contribution is 2.31. The number of nitrogens with two attached hydrogens (primary N) is 1. The van der Waals surface area contributed by atoms with Crippen molar-refractivity contribution in [3.05, 3.63) is 63.4 Å². The quantitative estimate of drug-likeness (QED) is 0.595. The average molecular weight is 347 g/mol. The van der Waals surface area contributed by atoms with Gasteiger partial charge in [0.1, 0.15) is 11.3 Å². The molecule has 0 aliphatic rings. The van der Waals surface area contributed by atoms with Crippen LogP contribution in [0.2, 0.25) is 0 Å². The fraction of sp³-hybridized carbons (Fsp3) is 0.238. The molecule has 0 amide bonds. The Kier molecular flexibility index (Phi) is 3.70. The van der Waals surface area contributed by atoms with Crippen molar-refractivity contribution in [1.82, 2.24) is 9.78 Å². The number of aryl methyl sites for hydroxylation is 2. The molecule has 0 spiro atoms. The number of nitrogens with zero attached hydrogens (tertiary/aromatic N) is 2. The lowest BCUT2D eigenvalue weighted by molar-refractivity contribution is 0.603. The van der Waals surface area contributed by atoms with Crippen LogP contribution in [-0.2, 0) is 7.05 Å². The van der Waals surface area contributed by atoms with Crippen LogP contribution in [-0.4, -0.2) is 9.78 Å². The van der Waals surface area contributed by atoms with Crippen LogP contribution in [0.3, 0.4) is 0 Å². The molecule has 26 heavy (non-hydrogen) atoms. The van der Waals surface area contributed by atoms with Gasteiger partial charge < -0.3 is 10.2 Å². The highest BCUT2D eigenvalue weighted by atomic mass is 16.3. The summed E-state index contributed by atoms with van der Waals surface area (Å²) >= 11 is 0. The lowest BCUT2D eigenvalue weighted by atomic mass is 9.99. The maximum Gasteiger partial charge on any atom is 0.196 e. The Hall–Kier alpha value is -2.92. The molecular formula is C21H21N3O2. The first kappa shape index (κ1) is 16.5. The molecule has 0 bridgehead atoms. The van der Waals surface area contributed by atoms with E-state index in [1.807, 2.05) is 64.3 Å². The third kappa shape index (κ3) is 2.52. The van der Waals surface area contributed by atoms with Gasteiger partial charge in [0.25, 0.3) is 0 Å². The first-order valence-electron chi connectivity index (χ1n) is 8.62. The van der Waals surface area contributed by atoms with E-state index in [9.17, 15) is 4.79 Å². The number of hydrogen-bond acceptors (Lipinski definition) is 4. The largest absolute Gasteiger partial charge is 0.455 e. The molecule has 132 valence electrons. The second-order valence-electron chi connectivity index (χ2n) is 6.98. The van der Waals surface area contributed by atoms with E-state index in [2.05, 4.69) is 5.10 Å². The van der Waals surface area contributed by atoms with Gasteiger partial charge in [0.15, 0.2) is 5.43 Å². The number of aromatic nitrogens is 2. The van der Waals surface area contributed by atoms with Crippen molar-refractivity contribution in [2.45, 2.75) is 26.8 Å². The lowest BCUT2D eigenvalue weighted by Crippen LogP contribution is -2.12. The molecule has 4 aromatic rings. The molecule has 2 N–H and O–H groups in total. The Bertz CT molecular complexity index is 1220. The molecule has 2 aromatic heterocycles. The molecule has 5 heteroatoms. The van der Waals surface area contributed by atoms with Crippen LogP contribution in [0.4, 0.5) is 0 Å². The monoisotopic (exact) mass is 347 g/mol. The van der Waals surface area contributed by atoms with Gasteiger partial charge in [-0.1, -0.05) is 6.07 Å². The van der Waals surface area contributed by atoms with Gasteiger partial charge in [-0.05, 0) is 50.6 Å². The number of hydrogen-bond donors (Lipinski definition) is 1. The minimum Gasteiger partial charge on any atom is -0.455 e. The van der Waals surface area contributed by atoms with Crippen molar-refractivity contribution in [1.29, 1.82) is 0 Å².